The first-order valence-corrected chi connectivity index (χ1v) is 8.09. The average Bonchev–Trinajstić information content (AvgIpc) is 2.75. The number of hydrogen-bond donors (Lipinski definition) is 2. The highest BCUT2D eigenvalue weighted by Gasteiger charge is 2.53. The Balaban J connectivity index is 1.92. The molecule has 1 heterocycles. The van der Waals surface area contributed by atoms with Crippen molar-refractivity contribution in [1.29, 1.82) is 0 Å². The van der Waals surface area contributed by atoms with Crippen molar-refractivity contribution in [2.24, 2.45) is 11.7 Å². The molecule has 2 aliphatic carbocycles. The molecular formula is C18H21NO4. The third-order valence-electron chi connectivity index (χ3n) is 5.57. The summed E-state index contributed by atoms with van der Waals surface area (Å²) in [7, 11) is 1.63. The number of aliphatic hydroxyl groups is 1. The zero-order valence-electron chi connectivity index (χ0n) is 13.1. The molecule has 1 spiro atoms. The van der Waals surface area contributed by atoms with E-state index in [1.54, 1.807) is 7.11 Å². The van der Waals surface area contributed by atoms with E-state index >= 15 is 0 Å². The van der Waals surface area contributed by atoms with Gasteiger partial charge in [-0.15, -0.1) is 0 Å². The molecule has 0 radical (unpaired) electrons. The van der Waals surface area contributed by atoms with Crippen molar-refractivity contribution in [2.75, 3.05) is 7.11 Å². The maximum absolute atomic E-state index is 11.8. The van der Waals surface area contributed by atoms with Gasteiger partial charge in [-0.1, -0.05) is 18.2 Å². The van der Waals surface area contributed by atoms with E-state index in [0.717, 1.165) is 29.7 Å². The van der Waals surface area contributed by atoms with Crippen LogP contribution in [0.5, 0.6) is 11.5 Å². The fourth-order valence-corrected chi connectivity index (χ4v) is 4.39. The largest absolute Gasteiger partial charge is 0.493 e. The molecule has 3 unspecified atom stereocenters. The van der Waals surface area contributed by atoms with Gasteiger partial charge in [0.15, 0.2) is 11.5 Å². The van der Waals surface area contributed by atoms with E-state index in [4.69, 9.17) is 15.2 Å². The van der Waals surface area contributed by atoms with Crippen molar-refractivity contribution in [3.63, 3.8) is 0 Å². The molecule has 1 aromatic rings. The zero-order valence-corrected chi connectivity index (χ0v) is 13.1. The number of benzene rings is 1. The summed E-state index contributed by atoms with van der Waals surface area (Å²) in [6, 6.07) is 3.91. The minimum atomic E-state index is -0.496. The van der Waals surface area contributed by atoms with Gasteiger partial charge in [-0.25, -0.2) is 0 Å². The van der Waals surface area contributed by atoms with Gasteiger partial charge in [0.25, 0.3) is 0 Å². The van der Waals surface area contributed by atoms with Gasteiger partial charge in [0.2, 0.25) is 5.91 Å². The lowest BCUT2D eigenvalue weighted by molar-refractivity contribution is -0.122. The topological polar surface area (TPSA) is 81.8 Å². The van der Waals surface area contributed by atoms with E-state index in [0.29, 0.717) is 18.6 Å². The van der Waals surface area contributed by atoms with Crippen molar-refractivity contribution in [1.82, 2.24) is 0 Å². The summed E-state index contributed by atoms with van der Waals surface area (Å²) in [6.45, 7) is 0. The highest BCUT2D eigenvalue weighted by atomic mass is 16.5. The Bertz CT molecular complexity index is 699. The third-order valence-corrected chi connectivity index (χ3v) is 5.57. The average molecular weight is 315 g/mol. The Labute approximate surface area is 135 Å². The second kappa shape index (κ2) is 4.99. The number of rotatable bonds is 2. The van der Waals surface area contributed by atoms with Crippen LogP contribution < -0.4 is 15.2 Å². The molecule has 0 fully saturated rings. The molecule has 1 aromatic carbocycles. The van der Waals surface area contributed by atoms with Gasteiger partial charge in [-0.3, -0.25) is 4.79 Å². The van der Waals surface area contributed by atoms with Crippen LogP contribution in [0.2, 0.25) is 0 Å². The Kier molecular flexibility index (Phi) is 3.17. The fraction of sp³-hybridized carbons (Fsp3) is 0.500. The van der Waals surface area contributed by atoms with Gasteiger partial charge >= 0.3 is 0 Å². The first-order valence-electron chi connectivity index (χ1n) is 8.09. The predicted octanol–water partition coefficient (Wildman–Crippen LogP) is 1.45. The van der Waals surface area contributed by atoms with E-state index in [2.05, 4.69) is 6.08 Å². The van der Waals surface area contributed by atoms with Gasteiger partial charge in [-0.2, -0.15) is 0 Å². The molecule has 3 N–H and O–H groups in total. The number of carbonyl (C=O) groups excluding carboxylic acids is 1. The minimum absolute atomic E-state index is 0.126. The van der Waals surface area contributed by atoms with Crippen molar-refractivity contribution in [3.05, 3.63) is 35.4 Å². The van der Waals surface area contributed by atoms with Crippen LogP contribution in [0.3, 0.4) is 0 Å². The lowest BCUT2D eigenvalue weighted by Gasteiger charge is -2.35. The van der Waals surface area contributed by atoms with E-state index < -0.39 is 6.10 Å². The molecule has 4 atom stereocenters. The Hall–Kier alpha value is -2.01. The molecule has 0 saturated carbocycles. The molecule has 0 bridgehead atoms. The summed E-state index contributed by atoms with van der Waals surface area (Å²) in [6.07, 6.45) is 6.01. The quantitative estimate of drug-likeness (QED) is 0.809. The van der Waals surface area contributed by atoms with Crippen LogP contribution in [0.4, 0.5) is 0 Å². The second-order valence-corrected chi connectivity index (χ2v) is 6.78. The highest BCUT2D eigenvalue weighted by Crippen LogP contribution is 2.56. The standard InChI is InChI=1S/C18H21NO4/c1-22-13-3-2-10-8-11(17(19)21)4-6-18-7-5-12(20)9-14(18)23-16(13)15(10)18/h2-3,5,7,11-12,14,20H,4,6,8-9H2,1H3,(H2,19,21)/t11?,12-,14?,18?/m0/s1. The fourth-order valence-electron chi connectivity index (χ4n) is 4.39. The molecule has 1 aliphatic heterocycles. The van der Waals surface area contributed by atoms with Crippen LogP contribution in [-0.4, -0.2) is 30.3 Å². The Morgan fingerprint density at radius 3 is 3.04 bits per heavy atom. The number of carbonyl (C=O) groups is 1. The number of nitrogens with two attached hydrogens (primary N) is 1. The third kappa shape index (κ3) is 1.99. The van der Waals surface area contributed by atoms with Crippen LogP contribution in [0.1, 0.15) is 30.4 Å². The molecule has 0 saturated heterocycles. The SMILES string of the molecule is COc1ccc2c3c1OC1C[C@@H](O)C=CC31CCC(C(N)=O)C2. The molecule has 4 rings (SSSR count). The smallest absolute Gasteiger partial charge is 0.220 e. The molecule has 1 amide bonds. The van der Waals surface area contributed by atoms with Crippen molar-refractivity contribution < 1.29 is 19.4 Å². The summed E-state index contributed by atoms with van der Waals surface area (Å²) in [4.78, 5) is 11.8. The van der Waals surface area contributed by atoms with Gasteiger partial charge in [0.1, 0.15) is 6.10 Å². The molecule has 23 heavy (non-hydrogen) atoms. The first-order chi connectivity index (χ1) is 11.0. The number of aliphatic hydroxyl groups excluding tert-OH is 1. The monoisotopic (exact) mass is 315 g/mol. The van der Waals surface area contributed by atoms with Crippen molar-refractivity contribution >= 4 is 5.91 Å². The van der Waals surface area contributed by atoms with Gasteiger partial charge < -0.3 is 20.3 Å². The van der Waals surface area contributed by atoms with Gasteiger partial charge in [-0.05, 0) is 30.9 Å². The van der Waals surface area contributed by atoms with E-state index in [9.17, 15) is 9.90 Å². The molecule has 3 aliphatic rings. The minimum Gasteiger partial charge on any atom is -0.493 e. The lowest BCUT2D eigenvalue weighted by atomic mass is 9.69. The summed E-state index contributed by atoms with van der Waals surface area (Å²) in [5, 5.41) is 10.00. The van der Waals surface area contributed by atoms with E-state index in [1.807, 2.05) is 18.2 Å². The van der Waals surface area contributed by atoms with Crippen LogP contribution in [0.25, 0.3) is 0 Å². The maximum atomic E-state index is 11.8. The molecule has 5 nitrogen and oxygen atoms in total. The zero-order chi connectivity index (χ0) is 16.2. The van der Waals surface area contributed by atoms with Gasteiger partial charge in [0, 0.05) is 17.9 Å². The second-order valence-electron chi connectivity index (χ2n) is 6.78. The van der Waals surface area contributed by atoms with Crippen LogP contribution in [0, 0.1) is 5.92 Å². The van der Waals surface area contributed by atoms with Crippen molar-refractivity contribution in [3.8, 4) is 11.5 Å². The Morgan fingerprint density at radius 1 is 1.48 bits per heavy atom. The first kappa shape index (κ1) is 14.6. The van der Waals surface area contributed by atoms with Gasteiger partial charge in [0.05, 0.1) is 18.6 Å². The van der Waals surface area contributed by atoms with E-state index in [1.165, 1.54) is 0 Å². The normalized spacial score (nSPS) is 34.1. The molecule has 0 aromatic heterocycles. The highest BCUT2D eigenvalue weighted by molar-refractivity contribution is 5.77. The van der Waals surface area contributed by atoms with Crippen LogP contribution in [0.15, 0.2) is 24.3 Å². The molecule has 5 heteroatoms. The molecular weight excluding hydrogens is 294 g/mol. The Morgan fingerprint density at radius 2 is 2.30 bits per heavy atom. The summed E-state index contributed by atoms with van der Waals surface area (Å²) in [5.41, 5.74) is 7.52. The number of hydrogen-bond acceptors (Lipinski definition) is 4. The number of methoxy groups -OCH3 is 1. The van der Waals surface area contributed by atoms with Crippen molar-refractivity contribution in [2.45, 2.75) is 43.3 Å². The summed E-state index contributed by atoms with van der Waals surface area (Å²) in [5.74, 6) is 1.06. The summed E-state index contributed by atoms with van der Waals surface area (Å²) < 4.78 is 11.7. The lowest BCUT2D eigenvalue weighted by Crippen LogP contribution is -2.42. The molecule has 122 valence electrons. The van der Waals surface area contributed by atoms with E-state index in [-0.39, 0.29) is 23.3 Å². The number of primary amides is 1. The summed E-state index contributed by atoms with van der Waals surface area (Å²) >= 11 is 0. The van der Waals surface area contributed by atoms with Crippen LogP contribution >= 0.6 is 0 Å². The maximum Gasteiger partial charge on any atom is 0.220 e. The number of ether oxygens (including phenoxy) is 2. The number of amides is 1. The van der Waals surface area contributed by atoms with Crippen LogP contribution in [-0.2, 0) is 16.6 Å². The predicted molar refractivity (Wildman–Crippen MR) is 84.5 cm³/mol.